The molecule has 0 saturated carbocycles. The molecule has 0 radical (unpaired) electrons. The van der Waals surface area contributed by atoms with Crippen molar-refractivity contribution in [1.29, 1.82) is 0 Å². The van der Waals surface area contributed by atoms with Gasteiger partial charge in [-0.25, -0.2) is 4.39 Å². The molecule has 0 aliphatic rings. The molecule has 0 saturated heterocycles. The second-order valence-electron chi connectivity index (χ2n) is 3.04. The first-order valence-electron chi connectivity index (χ1n) is 4.62. The van der Waals surface area contributed by atoms with Crippen molar-refractivity contribution in [3.63, 3.8) is 0 Å². The Bertz CT molecular complexity index is 377. The van der Waals surface area contributed by atoms with Crippen molar-refractivity contribution in [2.75, 3.05) is 0 Å². The van der Waals surface area contributed by atoms with E-state index < -0.39 is 0 Å². The zero-order valence-corrected chi connectivity index (χ0v) is 10.0. The molecule has 0 aliphatic carbocycles. The van der Waals surface area contributed by atoms with Crippen LogP contribution in [0.25, 0.3) is 0 Å². The van der Waals surface area contributed by atoms with Gasteiger partial charge in [0.25, 0.3) is 0 Å². The van der Waals surface area contributed by atoms with E-state index in [2.05, 4.69) is 15.9 Å². The second-order valence-corrected chi connectivity index (χ2v) is 3.96. The fourth-order valence-electron chi connectivity index (χ4n) is 0.966. The SMILES string of the molecule is Brc1ccccc1.Cc1ccccc1F. The highest BCUT2D eigenvalue weighted by atomic mass is 79.9. The quantitative estimate of drug-likeness (QED) is 0.655. The molecule has 0 N–H and O–H groups in total. The van der Waals surface area contributed by atoms with E-state index in [1.807, 2.05) is 36.4 Å². The van der Waals surface area contributed by atoms with Crippen LogP contribution in [0.2, 0.25) is 0 Å². The standard InChI is InChI=1S/C7H7F.C6H5Br/c1-6-4-2-3-5-7(6)8;7-6-4-2-1-3-5-6/h2-5H,1H3;1-5H. The lowest BCUT2D eigenvalue weighted by molar-refractivity contribution is 0.618. The molecule has 0 heterocycles. The van der Waals surface area contributed by atoms with E-state index in [9.17, 15) is 4.39 Å². The molecule has 2 rings (SSSR count). The third kappa shape index (κ3) is 4.75. The number of rotatable bonds is 0. The highest BCUT2D eigenvalue weighted by Gasteiger charge is 1.88. The van der Waals surface area contributed by atoms with E-state index in [1.54, 1.807) is 19.1 Å². The third-order valence-corrected chi connectivity index (χ3v) is 2.34. The molecule has 0 nitrogen and oxygen atoms in total. The molecule has 2 aromatic rings. The molecule has 0 amide bonds. The van der Waals surface area contributed by atoms with Gasteiger partial charge in [0, 0.05) is 4.47 Å². The largest absolute Gasteiger partial charge is 0.207 e. The van der Waals surface area contributed by atoms with Gasteiger partial charge in [-0.2, -0.15) is 0 Å². The molecular weight excluding hydrogens is 255 g/mol. The molecule has 0 bridgehead atoms. The van der Waals surface area contributed by atoms with E-state index in [0.29, 0.717) is 5.56 Å². The summed E-state index contributed by atoms with van der Waals surface area (Å²) in [5.74, 6) is -0.132. The Morgan fingerprint density at radius 3 is 1.73 bits per heavy atom. The van der Waals surface area contributed by atoms with Crippen LogP contribution in [-0.4, -0.2) is 0 Å². The van der Waals surface area contributed by atoms with Gasteiger partial charge in [0.2, 0.25) is 0 Å². The van der Waals surface area contributed by atoms with Gasteiger partial charge in [-0.15, -0.1) is 0 Å². The Morgan fingerprint density at radius 2 is 1.40 bits per heavy atom. The van der Waals surface area contributed by atoms with Crippen LogP contribution in [-0.2, 0) is 0 Å². The monoisotopic (exact) mass is 266 g/mol. The van der Waals surface area contributed by atoms with Gasteiger partial charge in [-0.05, 0) is 30.7 Å². The number of hydrogen-bond acceptors (Lipinski definition) is 0. The minimum absolute atomic E-state index is 0.132. The van der Waals surface area contributed by atoms with E-state index in [4.69, 9.17) is 0 Å². The van der Waals surface area contributed by atoms with Crippen molar-refractivity contribution < 1.29 is 4.39 Å². The lowest BCUT2D eigenvalue weighted by atomic mass is 10.2. The zero-order chi connectivity index (χ0) is 11.1. The van der Waals surface area contributed by atoms with Gasteiger partial charge in [0.15, 0.2) is 0 Å². The number of hydrogen-bond donors (Lipinski definition) is 0. The summed E-state index contributed by atoms with van der Waals surface area (Å²) in [5, 5.41) is 0. The average molecular weight is 267 g/mol. The smallest absolute Gasteiger partial charge is 0.126 e. The van der Waals surface area contributed by atoms with Crippen LogP contribution >= 0.6 is 15.9 Å². The van der Waals surface area contributed by atoms with Crippen LogP contribution in [0.5, 0.6) is 0 Å². The fraction of sp³-hybridized carbons (Fsp3) is 0.0769. The summed E-state index contributed by atoms with van der Waals surface area (Å²) in [6.45, 7) is 1.75. The molecule has 78 valence electrons. The molecule has 0 unspecified atom stereocenters. The van der Waals surface area contributed by atoms with Gasteiger partial charge in [-0.1, -0.05) is 52.3 Å². The van der Waals surface area contributed by atoms with Crippen molar-refractivity contribution in [2.24, 2.45) is 0 Å². The number of benzene rings is 2. The highest BCUT2D eigenvalue weighted by Crippen LogP contribution is 2.05. The maximum absolute atomic E-state index is 12.3. The normalized spacial score (nSPS) is 9.00. The summed E-state index contributed by atoms with van der Waals surface area (Å²) < 4.78 is 13.5. The molecule has 0 atom stereocenters. The maximum atomic E-state index is 12.3. The Balaban J connectivity index is 0.000000151. The van der Waals surface area contributed by atoms with Gasteiger partial charge < -0.3 is 0 Å². The summed E-state index contributed by atoms with van der Waals surface area (Å²) in [6, 6.07) is 16.7. The molecule has 15 heavy (non-hydrogen) atoms. The van der Waals surface area contributed by atoms with Crippen molar-refractivity contribution in [3.8, 4) is 0 Å². The zero-order valence-electron chi connectivity index (χ0n) is 8.45. The summed E-state index contributed by atoms with van der Waals surface area (Å²) in [7, 11) is 0. The first-order chi connectivity index (χ1) is 7.20. The summed E-state index contributed by atoms with van der Waals surface area (Å²) in [4.78, 5) is 0. The number of halogens is 2. The van der Waals surface area contributed by atoms with E-state index >= 15 is 0 Å². The highest BCUT2D eigenvalue weighted by molar-refractivity contribution is 9.10. The predicted octanol–water partition coefficient (Wildman–Crippen LogP) is 4.58. The molecule has 0 aliphatic heterocycles. The lowest BCUT2D eigenvalue weighted by Gasteiger charge is -1.89. The first kappa shape index (κ1) is 11.9. The van der Waals surface area contributed by atoms with Crippen molar-refractivity contribution in [1.82, 2.24) is 0 Å². The summed E-state index contributed by atoms with van der Waals surface area (Å²) in [5.41, 5.74) is 0.701. The van der Waals surface area contributed by atoms with Crippen LogP contribution in [0.1, 0.15) is 5.56 Å². The van der Waals surface area contributed by atoms with Gasteiger partial charge >= 0.3 is 0 Å². The minimum atomic E-state index is -0.132. The number of aryl methyl sites for hydroxylation is 1. The molecule has 0 fully saturated rings. The van der Waals surface area contributed by atoms with E-state index in [0.717, 1.165) is 4.47 Å². The van der Waals surface area contributed by atoms with Crippen LogP contribution in [0.3, 0.4) is 0 Å². The van der Waals surface area contributed by atoms with Crippen LogP contribution < -0.4 is 0 Å². The van der Waals surface area contributed by atoms with E-state index in [-0.39, 0.29) is 5.82 Å². The maximum Gasteiger partial charge on any atom is 0.126 e. The van der Waals surface area contributed by atoms with Gasteiger partial charge in [-0.3, -0.25) is 0 Å². The van der Waals surface area contributed by atoms with Crippen LogP contribution in [0.4, 0.5) is 4.39 Å². The molecule has 2 heteroatoms. The van der Waals surface area contributed by atoms with E-state index in [1.165, 1.54) is 6.07 Å². The Labute approximate surface area is 97.9 Å². The van der Waals surface area contributed by atoms with Crippen molar-refractivity contribution in [2.45, 2.75) is 6.92 Å². The molecular formula is C13H12BrF. The topological polar surface area (TPSA) is 0 Å². The summed E-state index contributed by atoms with van der Waals surface area (Å²) >= 11 is 3.31. The average Bonchev–Trinajstić information content (AvgIpc) is 2.25. The Hall–Kier alpha value is -1.15. The fourth-order valence-corrected chi connectivity index (χ4v) is 1.27. The van der Waals surface area contributed by atoms with Crippen molar-refractivity contribution in [3.05, 3.63) is 70.5 Å². The van der Waals surface area contributed by atoms with Crippen molar-refractivity contribution >= 4 is 15.9 Å². The molecule has 0 spiro atoms. The van der Waals surface area contributed by atoms with Crippen LogP contribution in [0.15, 0.2) is 59.1 Å². The third-order valence-electron chi connectivity index (χ3n) is 1.81. The second kappa shape index (κ2) is 6.36. The predicted molar refractivity (Wildman–Crippen MR) is 65.3 cm³/mol. The minimum Gasteiger partial charge on any atom is -0.207 e. The van der Waals surface area contributed by atoms with Gasteiger partial charge in [0.1, 0.15) is 5.82 Å². The first-order valence-corrected chi connectivity index (χ1v) is 5.41. The van der Waals surface area contributed by atoms with Gasteiger partial charge in [0.05, 0.1) is 0 Å². The van der Waals surface area contributed by atoms with Crippen LogP contribution in [0, 0.1) is 12.7 Å². The Kier molecular flexibility index (Phi) is 5.05. The Morgan fingerprint density at radius 1 is 0.867 bits per heavy atom. The lowest BCUT2D eigenvalue weighted by Crippen LogP contribution is -1.76. The molecule has 2 aromatic carbocycles. The molecule has 0 aromatic heterocycles. The summed E-state index contributed by atoms with van der Waals surface area (Å²) in [6.07, 6.45) is 0.